The van der Waals surface area contributed by atoms with Gasteiger partial charge in [0.15, 0.2) is 0 Å². The van der Waals surface area contributed by atoms with Crippen LogP contribution >= 0.6 is 0 Å². The molecular formula is C11H23N. The van der Waals surface area contributed by atoms with Crippen LogP contribution in [0.5, 0.6) is 0 Å². The van der Waals surface area contributed by atoms with E-state index < -0.39 is 0 Å². The maximum atomic E-state index is 6.05. The summed E-state index contributed by atoms with van der Waals surface area (Å²) in [5.41, 5.74) is 6.05. The average molecular weight is 169 g/mol. The van der Waals surface area contributed by atoms with Crippen LogP contribution in [0.3, 0.4) is 0 Å². The first-order valence-electron chi connectivity index (χ1n) is 5.45. The molecule has 1 unspecified atom stereocenters. The maximum Gasteiger partial charge on any atom is 0.00645 e. The summed E-state index contributed by atoms with van der Waals surface area (Å²) in [5.74, 6) is 1.60. The summed E-state index contributed by atoms with van der Waals surface area (Å²) in [5, 5.41) is 0. The average Bonchev–Trinajstić information content (AvgIpc) is 2.06. The molecule has 0 heterocycles. The van der Waals surface area contributed by atoms with Gasteiger partial charge in [-0.2, -0.15) is 0 Å². The van der Waals surface area contributed by atoms with Crippen molar-refractivity contribution in [2.75, 3.05) is 0 Å². The molecule has 1 atom stereocenters. The third-order valence-corrected chi connectivity index (χ3v) is 3.19. The Hall–Kier alpha value is -0.0400. The van der Waals surface area contributed by atoms with Crippen molar-refractivity contribution in [3.05, 3.63) is 0 Å². The van der Waals surface area contributed by atoms with Crippen LogP contribution in [0, 0.1) is 11.8 Å². The van der Waals surface area contributed by atoms with E-state index in [1.165, 1.54) is 38.5 Å². The van der Waals surface area contributed by atoms with Gasteiger partial charge in [-0.05, 0) is 18.3 Å². The van der Waals surface area contributed by atoms with Crippen LogP contribution in [-0.2, 0) is 0 Å². The minimum Gasteiger partial charge on any atom is -0.327 e. The van der Waals surface area contributed by atoms with Crippen molar-refractivity contribution in [3.8, 4) is 0 Å². The lowest BCUT2D eigenvalue weighted by molar-refractivity contribution is 0.293. The lowest BCUT2D eigenvalue weighted by Gasteiger charge is -2.26. The van der Waals surface area contributed by atoms with Crippen molar-refractivity contribution < 1.29 is 0 Å². The van der Waals surface area contributed by atoms with Crippen molar-refractivity contribution in [2.45, 2.75) is 58.4 Å². The summed E-state index contributed by atoms with van der Waals surface area (Å²) in [6, 6.07) is 0.438. The molecule has 1 aliphatic carbocycles. The van der Waals surface area contributed by atoms with E-state index >= 15 is 0 Å². The second-order valence-corrected chi connectivity index (χ2v) is 4.65. The third kappa shape index (κ3) is 3.14. The maximum absolute atomic E-state index is 6.05. The van der Waals surface area contributed by atoms with Crippen LogP contribution in [0.1, 0.15) is 52.4 Å². The fourth-order valence-electron chi connectivity index (χ4n) is 2.08. The quantitative estimate of drug-likeness (QED) is 0.690. The highest BCUT2D eigenvalue weighted by molar-refractivity contribution is 4.73. The fraction of sp³-hybridized carbons (Fsp3) is 1.00. The molecule has 1 aliphatic rings. The molecule has 12 heavy (non-hydrogen) atoms. The molecule has 0 aromatic heterocycles. The highest BCUT2D eigenvalue weighted by Gasteiger charge is 2.17. The van der Waals surface area contributed by atoms with E-state index in [1.54, 1.807) is 0 Å². The normalized spacial score (nSPS) is 23.0. The second-order valence-electron chi connectivity index (χ2n) is 4.65. The molecule has 2 N–H and O–H groups in total. The molecule has 72 valence electrons. The Morgan fingerprint density at radius 2 is 1.75 bits per heavy atom. The van der Waals surface area contributed by atoms with E-state index in [4.69, 9.17) is 5.73 Å². The zero-order valence-corrected chi connectivity index (χ0v) is 8.55. The van der Waals surface area contributed by atoms with Gasteiger partial charge in [0.05, 0.1) is 0 Å². The van der Waals surface area contributed by atoms with Gasteiger partial charge in [0.2, 0.25) is 0 Å². The number of nitrogens with two attached hydrogens (primary N) is 1. The molecule has 1 nitrogen and oxygen atoms in total. The van der Waals surface area contributed by atoms with E-state index in [-0.39, 0.29) is 0 Å². The Kier molecular flexibility index (Phi) is 4.07. The van der Waals surface area contributed by atoms with Gasteiger partial charge < -0.3 is 5.73 Å². The van der Waals surface area contributed by atoms with Gasteiger partial charge in [-0.3, -0.25) is 0 Å². The number of hydrogen-bond acceptors (Lipinski definition) is 1. The van der Waals surface area contributed by atoms with Gasteiger partial charge in [0.25, 0.3) is 0 Å². The highest BCUT2D eigenvalue weighted by Crippen LogP contribution is 2.28. The Bertz CT molecular complexity index is 114. The van der Waals surface area contributed by atoms with Gasteiger partial charge in [-0.15, -0.1) is 0 Å². The van der Waals surface area contributed by atoms with Crippen molar-refractivity contribution in [2.24, 2.45) is 17.6 Å². The van der Waals surface area contributed by atoms with Gasteiger partial charge in [0, 0.05) is 6.04 Å². The molecule has 0 saturated heterocycles. The van der Waals surface area contributed by atoms with Gasteiger partial charge >= 0.3 is 0 Å². The fourth-order valence-corrected chi connectivity index (χ4v) is 2.08. The smallest absolute Gasteiger partial charge is 0.00645 e. The molecule has 1 heteroatoms. The minimum atomic E-state index is 0.438. The van der Waals surface area contributed by atoms with E-state index in [9.17, 15) is 0 Å². The first-order chi connectivity index (χ1) is 5.70. The van der Waals surface area contributed by atoms with Crippen molar-refractivity contribution in [3.63, 3.8) is 0 Å². The van der Waals surface area contributed by atoms with E-state index in [0.717, 1.165) is 5.92 Å². The Balaban J connectivity index is 2.20. The molecule has 1 saturated carbocycles. The Morgan fingerprint density at radius 3 is 2.25 bits per heavy atom. The SMILES string of the molecule is CC(C)C(N)CC1CCCCC1. The van der Waals surface area contributed by atoms with Crippen LogP contribution in [-0.4, -0.2) is 6.04 Å². The van der Waals surface area contributed by atoms with Gasteiger partial charge in [0.1, 0.15) is 0 Å². The molecule has 0 radical (unpaired) electrons. The van der Waals surface area contributed by atoms with Gasteiger partial charge in [-0.1, -0.05) is 46.0 Å². The first kappa shape index (κ1) is 10.0. The summed E-state index contributed by atoms with van der Waals surface area (Å²) in [6.45, 7) is 4.46. The summed E-state index contributed by atoms with van der Waals surface area (Å²) < 4.78 is 0. The summed E-state index contributed by atoms with van der Waals surface area (Å²) >= 11 is 0. The van der Waals surface area contributed by atoms with Crippen LogP contribution in [0.15, 0.2) is 0 Å². The van der Waals surface area contributed by atoms with Crippen molar-refractivity contribution >= 4 is 0 Å². The van der Waals surface area contributed by atoms with Gasteiger partial charge in [-0.25, -0.2) is 0 Å². The molecule has 1 fully saturated rings. The lowest BCUT2D eigenvalue weighted by Crippen LogP contribution is -2.29. The monoisotopic (exact) mass is 169 g/mol. The molecular weight excluding hydrogens is 146 g/mol. The van der Waals surface area contributed by atoms with Crippen molar-refractivity contribution in [1.82, 2.24) is 0 Å². The first-order valence-corrected chi connectivity index (χ1v) is 5.45. The minimum absolute atomic E-state index is 0.438. The third-order valence-electron chi connectivity index (χ3n) is 3.19. The summed E-state index contributed by atoms with van der Waals surface area (Å²) in [4.78, 5) is 0. The largest absolute Gasteiger partial charge is 0.327 e. The predicted molar refractivity (Wildman–Crippen MR) is 54.0 cm³/mol. The van der Waals surface area contributed by atoms with Crippen molar-refractivity contribution in [1.29, 1.82) is 0 Å². The van der Waals surface area contributed by atoms with Crippen LogP contribution in [0.2, 0.25) is 0 Å². The highest BCUT2D eigenvalue weighted by atomic mass is 14.6. The Labute approximate surface area is 76.7 Å². The molecule has 0 aromatic rings. The second kappa shape index (κ2) is 4.86. The zero-order chi connectivity index (χ0) is 8.97. The summed E-state index contributed by atoms with van der Waals surface area (Å²) in [6.07, 6.45) is 8.46. The standard InChI is InChI=1S/C11H23N/c1-9(2)11(12)8-10-6-4-3-5-7-10/h9-11H,3-8,12H2,1-2H3. The molecule has 0 aromatic carbocycles. The molecule has 0 spiro atoms. The number of hydrogen-bond donors (Lipinski definition) is 1. The van der Waals surface area contributed by atoms with E-state index in [2.05, 4.69) is 13.8 Å². The van der Waals surface area contributed by atoms with E-state index in [0.29, 0.717) is 12.0 Å². The topological polar surface area (TPSA) is 26.0 Å². The number of rotatable bonds is 3. The molecule has 0 aliphatic heterocycles. The van der Waals surface area contributed by atoms with E-state index in [1.807, 2.05) is 0 Å². The Morgan fingerprint density at radius 1 is 1.17 bits per heavy atom. The van der Waals surface area contributed by atoms with Crippen LogP contribution in [0.25, 0.3) is 0 Å². The van der Waals surface area contributed by atoms with Crippen LogP contribution in [0.4, 0.5) is 0 Å². The predicted octanol–water partition coefficient (Wildman–Crippen LogP) is 2.94. The van der Waals surface area contributed by atoms with Crippen LogP contribution < -0.4 is 5.73 Å². The molecule has 0 bridgehead atoms. The zero-order valence-electron chi connectivity index (χ0n) is 8.55. The summed E-state index contributed by atoms with van der Waals surface area (Å²) in [7, 11) is 0. The lowest BCUT2D eigenvalue weighted by atomic mass is 9.83. The molecule has 1 rings (SSSR count). The molecule has 0 amide bonds.